The predicted molar refractivity (Wildman–Crippen MR) is 51.4 cm³/mol. The summed E-state index contributed by atoms with van der Waals surface area (Å²) < 4.78 is 25.4. The van der Waals surface area contributed by atoms with Crippen LogP contribution in [0.15, 0.2) is 0 Å². The van der Waals surface area contributed by atoms with E-state index in [9.17, 15) is 8.78 Å². The fourth-order valence-corrected chi connectivity index (χ4v) is 2.83. The summed E-state index contributed by atoms with van der Waals surface area (Å²) in [6.07, 6.45) is 2.78. The summed E-state index contributed by atoms with van der Waals surface area (Å²) in [6, 6.07) is 0.427. The molecule has 0 aromatic rings. The van der Waals surface area contributed by atoms with Crippen molar-refractivity contribution < 1.29 is 8.78 Å². The lowest BCUT2D eigenvalue weighted by atomic mass is 9.70. The Kier molecular flexibility index (Phi) is 2.31. The van der Waals surface area contributed by atoms with E-state index in [2.05, 4.69) is 11.9 Å². The summed E-state index contributed by atoms with van der Waals surface area (Å²) in [5.41, 5.74) is 5.32. The zero-order valence-electron chi connectivity index (χ0n) is 8.60. The summed E-state index contributed by atoms with van der Waals surface area (Å²) >= 11 is 0. The maximum absolute atomic E-state index is 12.7. The van der Waals surface area contributed by atoms with E-state index in [-0.39, 0.29) is 12.8 Å². The Labute approximate surface area is 83.4 Å². The lowest BCUT2D eigenvalue weighted by molar-refractivity contribution is -0.127. The molecule has 0 amide bonds. The second kappa shape index (κ2) is 3.14. The molecule has 0 aromatic heterocycles. The highest BCUT2D eigenvalue weighted by Crippen LogP contribution is 2.47. The maximum Gasteiger partial charge on any atom is 0.251 e. The van der Waals surface area contributed by atoms with E-state index in [1.165, 1.54) is 6.42 Å². The average molecular weight is 204 g/mol. The first-order valence-electron chi connectivity index (χ1n) is 5.27. The third-order valence-electron chi connectivity index (χ3n) is 3.54. The number of nitrogens with two attached hydrogens (primary N) is 1. The molecule has 2 nitrogen and oxygen atoms in total. The third-order valence-corrected chi connectivity index (χ3v) is 3.54. The second-order valence-electron chi connectivity index (χ2n) is 5.05. The highest BCUT2D eigenvalue weighted by molar-refractivity contribution is 5.05. The molecule has 1 unspecified atom stereocenters. The standard InChI is InChI=1S/C10H18F2N2/c1-14-4-2-3-8(14)5-9(13)6-10(11,12)7-9/h8H,2-7,13H2,1H3. The molecule has 1 heterocycles. The van der Waals surface area contributed by atoms with Crippen LogP contribution in [0.1, 0.15) is 32.1 Å². The highest BCUT2D eigenvalue weighted by Gasteiger charge is 2.55. The van der Waals surface area contributed by atoms with E-state index in [1.807, 2.05) is 0 Å². The first-order chi connectivity index (χ1) is 6.40. The first kappa shape index (κ1) is 10.3. The number of rotatable bonds is 2. The van der Waals surface area contributed by atoms with E-state index in [1.54, 1.807) is 0 Å². The van der Waals surface area contributed by atoms with Crippen LogP contribution in [0.3, 0.4) is 0 Å². The van der Waals surface area contributed by atoms with Crippen molar-refractivity contribution in [1.82, 2.24) is 4.90 Å². The molecule has 0 spiro atoms. The van der Waals surface area contributed by atoms with Gasteiger partial charge in [-0.25, -0.2) is 8.78 Å². The molecule has 0 aromatic carbocycles. The molecule has 2 rings (SSSR count). The van der Waals surface area contributed by atoms with Crippen LogP contribution in [0.2, 0.25) is 0 Å². The second-order valence-corrected chi connectivity index (χ2v) is 5.05. The Morgan fingerprint density at radius 3 is 2.50 bits per heavy atom. The fraction of sp³-hybridized carbons (Fsp3) is 1.00. The SMILES string of the molecule is CN1CCCC1CC1(N)CC(F)(F)C1. The minimum Gasteiger partial charge on any atom is -0.325 e. The maximum atomic E-state index is 12.7. The van der Waals surface area contributed by atoms with Crippen LogP contribution in [0, 0.1) is 0 Å². The van der Waals surface area contributed by atoms with Crippen molar-refractivity contribution >= 4 is 0 Å². The van der Waals surface area contributed by atoms with Gasteiger partial charge >= 0.3 is 0 Å². The topological polar surface area (TPSA) is 29.3 Å². The average Bonchev–Trinajstić information content (AvgIpc) is 2.31. The summed E-state index contributed by atoms with van der Waals surface area (Å²) in [5, 5.41) is 0. The monoisotopic (exact) mass is 204 g/mol. The number of hydrogen-bond donors (Lipinski definition) is 1. The van der Waals surface area contributed by atoms with Crippen LogP contribution >= 0.6 is 0 Å². The first-order valence-corrected chi connectivity index (χ1v) is 5.27. The highest BCUT2D eigenvalue weighted by atomic mass is 19.3. The van der Waals surface area contributed by atoms with Gasteiger partial charge in [-0.2, -0.15) is 0 Å². The van der Waals surface area contributed by atoms with Gasteiger partial charge in [0, 0.05) is 24.4 Å². The van der Waals surface area contributed by atoms with E-state index in [0.717, 1.165) is 19.4 Å². The number of likely N-dealkylation sites (tertiary alicyclic amines) is 1. The zero-order chi connectivity index (χ0) is 10.4. The Balaban J connectivity index is 1.86. The lowest BCUT2D eigenvalue weighted by Crippen LogP contribution is -2.60. The Hall–Kier alpha value is -0.220. The van der Waals surface area contributed by atoms with Gasteiger partial charge in [0.1, 0.15) is 0 Å². The van der Waals surface area contributed by atoms with Crippen molar-refractivity contribution in [2.24, 2.45) is 5.73 Å². The van der Waals surface area contributed by atoms with Gasteiger partial charge in [0.05, 0.1) is 0 Å². The van der Waals surface area contributed by atoms with Crippen LogP contribution in [0.25, 0.3) is 0 Å². The molecule has 0 radical (unpaired) electrons. The van der Waals surface area contributed by atoms with Crippen molar-refractivity contribution in [3.8, 4) is 0 Å². The molecular formula is C10H18F2N2. The van der Waals surface area contributed by atoms with Gasteiger partial charge in [-0.1, -0.05) is 0 Å². The largest absolute Gasteiger partial charge is 0.325 e. The molecule has 4 heteroatoms. The fourth-order valence-electron chi connectivity index (χ4n) is 2.83. The molecule has 14 heavy (non-hydrogen) atoms. The van der Waals surface area contributed by atoms with Gasteiger partial charge in [-0.3, -0.25) is 0 Å². The minimum absolute atomic E-state index is 0.121. The van der Waals surface area contributed by atoms with Crippen molar-refractivity contribution in [2.45, 2.75) is 49.6 Å². The van der Waals surface area contributed by atoms with Crippen LogP contribution in [0.5, 0.6) is 0 Å². The van der Waals surface area contributed by atoms with E-state index in [0.29, 0.717) is 6.04 Å². The molecule has 2 fully saturated rings. The molecule has 1 aliphatic heterocycles. The summed E-state index contributed by atoms with van der Waals surface area (Å²) in [4.78, 5) is 2.24. The normalized spacial score (nSPS) is 35.6. The van der Waals surface area contributed by atoms with E-state index < -0.39 is 11.5 Å². The quantitative estimate of drug-likeness (QED) is 0.740. The molecule has 1 saturated heterocycles. The van der Waals surface area contributed by atoms with E-state index in [4.69, 9.17) is 5.73 Å². The van der Waals surface area contributed by atoms with E-state index >= 15 is 0 Å². The number of alkyl halides is 2. The number of nitrogens with zero attached hydrogens (tertiary/aromatic N) is 1. The lowest BCUT2D eigenvalue weighted by Gasteiger charge is -2.46. The van der Waals surface area contributed by atoms with Crippen molar-refractivity contribution in [3.05, 3.63) is 0 Å². The molecular weight excluding hydrogens is 186 g/mol. The van der Waals surface area contributed by atoms with Crippen molar-refractivity contribution in [3.63, 3.8) is 0 Å². The summed E-state index contributed by atoms with van der Waals surface area (Å²) in [6.45, 7) is 1.08. The molecule has 0 bridgehead atoms. The molecule has 82 valence electrons. The van der Waals surface area contributed by atoms with Crippen LogP contribution < -0.4 is 5.73 Å². The third kappa shape index (κ3) is 1.91. The van der Waals surface area contributed by atoms with Gasteiger partial charge < -0.3 is 10.6 Å². The predicted octanol–water partition coefficient (Wildman–Crippen LogP) is 1.60. The minimum atomic E-state index is -2.49. The van der Waals surface area contributed by atoms with Crippen LogP contribution in [-0.4, -0.2) is 36.0 Å². The number of hydrogen-bond acceptors (Lipinski definition) is 2. The molecule has 1 atom stereocenters. The molecule has 1 aliphatic carbocycles. The van der Waals surface area contributed by atoms with Gasteiger partial charge in [0.2, 0.25) is 0 Å². The van der Waals surface area contributed by atoms with Crippen molar-refractivity contribution in [2.75, 3.05) is 13.6 Å². The Morgan fingerprint density at radius 2 is 2.07 bits per heavy atom. The van der Waals surface area contributed by atoms with Gasteiger partial charge in [-0.15, -0.1) is 0 Å². The molecule has 2 aliphatic rings. The van der Waals surface area contributed by atoms with Gasteiger partial charge in [0.15, 0.2) is 0 Å². The van der Waals surface area contributed by atoms with Gasteiger partial charge in [0.25, 0.3) is 5.92 Å². The zero-order valence-corrected chi connectivity index (χ0v) is 8.60. The summed E-state index contributed by atoms with van der Waals surface area (Å²) in [7, 11) is 2.05. The summed E-state index contributed by atoms with van der Waals surface area (Å²) in [5.74, 6) is -2.49. The smallest absolute Gasteiger partial charge is 0.251 e. The van der Waals surface area contributed by atoms with Crippen LogP contribution in [-0.2, 0) is 0 Å². The Morgan fingerprint density at radius 1 is 1.43 bits per heavy atom. The van der Waals surface area contributed by atoms with Gasteiger partial charge in [-0.05, 0) is 32.9 Å². The Bertz CT molecular complexity index is 222. The van der Waals surface area contributed by atoms with Crippen LogP contribution in [0.4, 0.5) is 8.78 Å². The molecule has 1 saturated carbocycles. The molecule has 2 N–H and O–H groups in total. The number of halogens is 2. The van der Waals surface area contributed by atoms with Crippen molar-refractivity contribution in [1.29, 1.82) is 0 Å².